The first kappa shape index (κ1) is 9.99. The van der Waals surface area contributed by atoms with Crippen LogP contribution in [0, 0.1) is 0 Å². The van der Waals surface area contributed by atoms with Crippen LogP contribution in [0.4, 0.5) is 0 Å². The number of nitrogens with one attached hydrogen (secondary N) is 1. The van der Waals surface area contributed by atoms with Crippen LogP contribution in [0.3, 0.4) is 0 Å². The summed E-state index contributed by atoms with van der Waals surface area (Å²) >= 11 is 5.34. The van der Waals surface area contributed by atoms with Crippen LogP contribution in [0.15, 0.2) is 11.6 Å². The molecule has 0 radical (unpaired) electrons. The molecule has 1 N–H and O–H groups in total. The summed E-state index contributed by atoms with van der Waals surface area (Å²) in [6.45, 7) is 5.26. The summed E-state index contributed by atoms with van der Waals surface area (Å²) in [7, 11) is 0. The van der Waals surface area contributed by atoms with E-state index in [2.05, 4.69) is 19.2 Å². The van der Waals surface area contributed by atoms with E-state index in [-0.39, 0.29) is 0 Å². The van der Waals surface area contributed by atoms with Gasteiger partial charge in [-0.3, -0.25) is 0 Å². The molecule has 0 heterocycles. The van der Waals surface area contributed by atoms with Crippen molar-refractivity contribution in [1.29, 1.82) is 0 Å². The lowest BCUT2D eigenvalue weighted by Gasteiger charge is -2.09. The van der Waals surface area contributed by atoms with Crippen LogP contribution in [0.2, 0.25) is 0 Å². The van der Waals surface area contributed by atoms with Crippen LogP contribution >= 0.6 is 11.6 Å². The van der Waals surface area contributed by atoms with Gasteiger partial charge in [0.1, 0.15) is 0 Å². The standard InChI is InChI=1S/C8H16ClN/c1-3-5-8(2)10-7-4-6-9/h4,6,8,10H,3,5,7H2,1-2H3/b6-4+. The minimum Gasteiger partial charge on any atom is -0.311 e. The molecule has 1 unspecified atom stereocenters. The van der Waals surface area contributed by atoms with Crippen molar-refractivity contribution in [2.45, 2.75) is 32.7 Å². The Morgan fingerprint density at radius 1 is 1.60 bits per heavy atom. The average Bonchev–Trinajstić information content (AvgIpc) is 1.89. The van der Waals surface area contributed by atoms with E-state index in [1.807, 2.05) is 6.08 Å². The predicted molar refractivity (Wildman–Crippen MR) is 47.4 cm³/mol. The molecule has 0 aromatic rings. The van der Waals surface area contributed by atoms with E-state index in [1.165, 1.54) is 12.8 Å². The lowest BCUT2D eigenvalue weighted by molar-refractivity contribution is 0.536. The summed E-state index contributed by atoms with van der Waals surface area (Å²) in [5, 5.41) is 3.31. The highest BCUT2D eigenvalue weighted by atomic mass is 35.5. The molecule has 60 valence electrons. The molecule has 2 heteroatoms. The molecule has 10 heavy (non-hydrogen) atoms. The van der Waals surface area contributed by atoms with E-state index in [4.69, 9.17) is 11.6 Å². The van der Waals surface area contributed by atoms with Gasteiger partial charge >= 0.3 is 0 Å². The predicted octanol–water partition coefficient (Wildman–Crippen LogP) is 2.52. The van der Waals surface area contributed by atoms with E-state index in [0.29, 0.717) is 6.04 Å². The Labute approximate surface area is 68.5 Å². The Kier molecular flexibility index (Phi) is 7.09. The van der Waals surface area contributed by atoms with E-state index in [0.717, 1.165) is 6.54 Å². The molecule has 0 spiro atoms. The quantitative estimate of drug-likeness (QED) is 0.654. The van der Waals surface area contributed by atoms with Gasteiger partial charge < -0.3 is 5.32 Å². The van der Waals surface area contributed by atoms with Crippen molar-refractivity contribution in [2.75, 3.05) is 6.54 Å². The molecular formula is C8H16ClN. The summed E-state index contributed by atoms with van der Waals surface area (Å²) < 4.78 is 0. The summed E-state index contributed by atoms with van der Waals surface area (Å²) in [5.74, 6) is 0. The fraction of sp³-hybridized carbons (Fsp3) is 0.750. The molecule has 0 saturated heterocycles. The molecule has 0 rings (SSSR count). The third-order valence-corrected chi connectivity index (χ3v) is 1.57. The molecule has 0 aromatic carbocycles. The van der Waals surface area contributed by atoms with Crippen molar-refractivity contribution in [3.05, 3.63) is 11.6 Å². The molecular weight excluding hydrogens is 146 g/mol. The second-order valence-electron chi connectivity index (χ2n) is 2.46. The van der Waals surface area contributed by atoms with Crippen molar-refractivity contribution >= 4 is 11.6 Å². The first-order chi connectivity index (χ1) is 4.81. The highest BCUT2D eigenvalue weighted by Gasteiger charge is 1.94. The van der Waals surface area contributed by atoms with Crippen molar-refractivity contribution in [1.82, 2.24) is 5.32 Å². The third-order valence-electron chi connectivity index (χ3n) is 1.39. The van der Waals surface area contributed by atoms with E-state index in [1.54, 1.807) is 5.54 Å². The highest BCUT2D eigenvalue weighted by Crippen LogP contribution is 1.93. The summed E-state index contributed by atoms with van der Waals surface area (Å²) in [6.07, 6.45) is 4.38. The first-order valence-corrected chi connectivity index (χ1v) is 4.23. The lowest BCUT2D eigenvalue weighted by Crippen LogP contribution is -2.25. The number of hydrogen-bond donors (Lipinski definition) is 1. The maximum absolute atomic E-state index is 5.34. The Morgan fingerprint density at radius 2 is 2.30 bits per heavy atom. The van der Waals surface area contributed by atoms with Crippen molar-refractivity contribution < 1.29 is 0 Å². The van der Waals surface area contributed by atoms with Crippen LogP contribution in [-0.4, -0.2) is 12.6 Å². The van der Waals surface area contributed by atoms with Gasteiger partial charge in [0.25, 0.3) is 0 Å². The molecule has 0 amide bonds. The molecule has 0 aliphatic carbocycles. The molecule has 1 atom stereocenters. The molecule has 1 nitrogen and oxygen atoms in total. The van der Waals surface area contributed by atoms with Gasteiger partial charge in [-0.1, -0.05) is 31.0 Å². The Morgan fingerprint density at radius 3 is 2.80 bits per heavy atom. The summed E-state index contributed by atoms with van der Waals surface area (Å²) in [4.78, 5) is 0. The van der Waals surface area contributed by atoms with Gasteiger partial charge in [0.15, 0.2) is 0 Å². The van der Waals surface area contributed by atoms with Crippen LogP contribution in [0.25, 0.3) is 0 Å². The average molecular weight is 162 g/mol. The van der Waals surface area contributed by atoms with Gasteiger partial charge in [-0.2, -0.15) is 0 Å². The van der Waals surface area contributed by atoms with Crippen LogP contribution in [-0.2, 0) is 0 Å². The van der Waals surface area contributed by atoms with E-state index >= 15 is 0 Å². The fourth-order valence-corrected chi connectivity index (χ4v) is 0.938. The van der Waals surface area contributed by atoms with E-state index < -0.39 is 0 Å². The second-order valence-corrected chi connectivity index (χ2v) is 2.71. The molecule has 0 bridgehead atoms. The zero-order valence-electron chi connectivity index (χ0n) is 6.73. The van der Waals surface area contributed by atoms with Crippen LogP contribution < -0.4 is 5.32 Å². The molecule has 0 fully saturated rings. The maximum Gasteiger partial charge on any atom is 0.0148 e. The highest BCUT2D eigenvalue weighted by molar-refractivity contribution is 6.25. The Bertz CT molecular complexity index is 91.3. The van der Waals surface area contributed by atoms with E-state index in [9.17, 15) is 0 Å². The number of halogens is 1. The zero-order valence-corrected chi connectivity index (χ0v) is 7.49. The van der Waals surface area contributed by atoms with Crippen LogP contribution in [0.5, 0.6) is 0 Å². The van der Waals surface area contributed by atoms with Crippen molar-refractivity contribution in [3.63, 3.8) is 0 Å². The van der Waals surface area contributed by atoms with Gasteiger partial charge in [0.05, 0.1) is 0 Å². The minimum absolute atomic E-state index is 0.609. The summed E-state index contributed by atoms with van der Waals surface area (Å²) in [5.41, 5.74) is 1.55. The van der Waals surface area contributed by atoms with Crippen molar-refractivity contribution in [3.8, 4) is 0 Å². The molecule has 0 saturated carbocycles. The van der Waals surface area contributed by atoms with Gasteiger partial charge in [-0.05, 0) is 13.3 Å². The maximum atomic E-state index is 5.34. The first-order valence-electron chi connectivity index (χ1n) is 3.79. The van der Waals surface area contributed by atoms with Gasteiger partial charge in [0.2, 0.25) is 0 Å². The zero-order chi connectivity index (χ0) is 7.82. The Balaban J connectivity index is 3.12. The smallest absolute Gasteiger partial charge is 0.0148 e. The SMILES string of the molecule is CCCC(C)NC/C=C/Cl. The molecule has 0 aliphatic heterocycles. The van der Waals surface area contributed by atoms with Gasteiger partial charge in [-0.25, -0.2) is 0 Å². The third kappa shape index (κ3) is 6.12. The number of rotatable bonds is 5. The monoisotopic (exact) mass is 161 g/mol. The topological polar surface area (TPSA) is 12.0 Å². The molecule has 0 aliphatic rings. The van der Waals surface area contributed by atoms with Crippen LogP contribution in [0.1, 0.15) is 26.7 Å². The fourth-order valence-electron chi connectivity index (χ4n) is 0.849. The van der Waals surface area contributed by atoms with Gasteiger partial charge in [-0.15, -0.1) is 0 Å². The number of hydrogen-bond acceptors (Lipinski definition) is 1. The largest absolute Gasteiger partial charge is 0.311 e. The normalized spacial score (nSPS) is 14.3. The Hall–Kier alpha value is -0.0100. The van der Waals surface area contributed by atoms with Crippen molar-refractivity contribution in [2.24, 2.45) is 0 Å². The minimum atomic E-state index is 0.609. The second kappa shape index (κ2) is 7.10. The summed E-state index contributed by atoms with van der Waals surface area (Å²) in [6, 6.07) is 0.609. The molecule has 0 aromatic heterocycles. The van der Waals surface area contributed by atoms with Gasteiger partial charge in [0, 0.05) is 18.1 Å². The lowest BCUT2D eigenvalue weighted by atomic mass is 10.2.